The molecular weight excluding hydrogens is 682 g/mol. The SMILES string of the molecule is CC(=O)OC[C@H]1O[C@@H](N(C=O)c2ncnc(N)c2Nc2nc(=O)n([C@H]3C[C@H](OC(C)=O)[C@@H](COC(C)=O)O3)cc2C)[C@H](OC(C)=O)[C@@H]1OC(C)=O. The molecule has 0 unspecified atom stereocenters. The minimum Gasteiger partial charge on any atom is -0.463 e. The first kappa shape index (κ1) is 38.1. The van der Waals surface area contributed by atoms with E-state index in [4.69, 9.17) is 38.9 Å². The Morgan fingerprint density at radius 1 is 0.922 bits per heavy atom. The number of rotatable bonds is 13. The Balaban J connectivity index is 1.67. The topological polar surface area (TPSA) is 269 Å². The Morgan fingerprint density at radius 2 is 1.53 bits per heavy atom. The predicted octanol–water partition coefficient (Wildman–Crippen LogP) is -0.436. The van der Waals surface area contributed by atoms with Gasteiger partial charge in [0.2, 0.25) is 6.41 Å². The van der Waals surface area contributed by atoms with Gasteiger partial charge in [-0.3, -0.25) is 38.2 Å². The first-order valence-electron chi connectivity index (χ1n) is 15.4. The van der Waals surface area contributed by atoms with Crippen molar-refractivity contribution in [2.24, 2.45) is 0 Å². The number of aryl methyl sites for hydroxylation is 1. The fourth-order valence-electron chi connectivity index (χ4n) is 5.43. The molecule has 4 heterocycles. The Labute approximate surface area is 289 Å². The van der Waals surface area contributed by atoms with Gasteiger partial charge in [0.15, 0.2) is 30.1 Å². The molecule has 0 saturated carbocycles. The summed E-state index contributed by atoms with van der Waals surface area (Å²) in [5.41, 5.74) is 5.63. The van der Waals surface area contributed by atoms with Crippen molar-refractivity contribution < 1.29 is 61.9 Å². The normalized spacial score (nSPS) is 23.8. The van der Waals surface area contributed by atoms with E-state index in [2.05, 4.69) is 20.3 Å². The summed E-state index contributed by atoms with van der Waals surface area (Å²) >= 11 is 0. The Hall–Kier alpha value is -5.70. The number of amides is 1. The average Bonchev–Trinajstić information content (AvgIpc) is 3.57. The lowest BCUT2D eigenvalue weighted by Gasteiger charge is -2.29. The van der Waals surface area contributed by atoms with Gasteiger partial charge in [-0.25, -0.2) is 14.8 Å². The number of nitrogens with one attached hydrogen (secondary N) is 1. The van der Waals surface area contributed by atoms with Gasteiger partial charge < -0.3 is 44.2 Å². The Kier molecular flexibility index (Phi) is 12.2. The molecule has 3 N–H and O–H groups in total. The number of ether oxygens (including phenoxy) is 7. The second kappa shape index (κ2) is 16.3. The molecule has 2 aromatic heterocycles. The van der Waals surface area contributed by atoms with Crippen LogP contribution in [0.25, 0.3) is 0 Å². The number of anilines is 4. The van der Waals surface area contributed by atoms with Crippen LogP contribution in [0.4, 0.5) is 23.1 Å². The van der Waals surface area contributed by atoms with Gasteiger partial charge in [-0.2, -0.15) is 4.98 Å². The van der Waals surface area contributed by atoms with Gasteiger partial charge in [0.1, 0.15) is 55.6 Å². The summed E-state index contributed by atoms with van der Waals surface area (Å²) in [5.74, 6) is -3.89. The molecule has 2 aromatic rings. The molecule has 0 spiro atoms. The zero-order valence-corrected chi connectivity index (χ0v) is 28.4. The van der Waals surface area contributed by atoms with Crippen molar-refractivity contribution in [2.45, 2.75) is 90.9 Å². The van der Waals surface area contributed by atoms with E-state index in [-0.39, 0.29) is 42.6 Å². The van der Waals surface area contributed by atoms with Crippen molar-refractivity contribution >= 4 is 59.4 Å². The molecule has 0 radical (unpaired) electrons. The van der Waals surface area contributed by atoms with Gasteiger partial charge in [-0.1, -0.05) is 0 Å². The predicted molar refractivity (Wildman–Crippen MR) is 169 cm³/mol. The summed E-state index contributed by atoms with van der Waals surface area (Å²) in [5, 5.41) is 2.87. The third-order valence-corrected chi connectivity index (χ3v) is 7.47. The van der Waals surface area contributed by atoms with E-state index < -0.39 is 85.1 Å². The number of hydrogen-bond donors (Lipinski definition) is 2. The molecule has 276 valence electrons. The molecule has 7 atom stereocenters. The summed E-state index contributed by atoms with van der Waals surface area (Å²) in [7, 11) is 0. The number of carbonyl (C=O) groups is 6. The first-order valence-corrected chi connectivity index (χ1v) is 15.4. The van der Waals surface area contributed by atoms with Crippen LogP contribution in [0.2, 0.25) is 0 Å². The standard InChI is InChI=1S/C30H37N7O14/c1-13-8-36(22-7-19(47-16(4)41)20(50-22)9-45-14(2)39)30(44)35-27(13)34-23-26(31)32-11-33-28(23)37(12-38)29-25(49-18(6)43)24(48-17(5)42)21(51-29)10-46-15(3)40/h8,11-12,19-22,24-25,29H,7,9-10H2,1-6H3,(H2,31,32,33)(H,34,35,44)/t19-,20+,21+,22+,24+,25+,29+/m0/s1. The summed E-state index contributed by atoms with van der Waals surface area (Å²) < 4.78 is 39.2. The highest BCUT2D eigenvalue weighted by Gasteiger charge is 2.53. The number of carbonyl (C=O) groups excluding carboxylic acids is 6. The number of hydrogen-bond acceptors (Lipinski definition) is 19. The Morgan fingerprint density at radius 3 is 2.12 bits per heavy atom. The van der Waals surface area contributed by atoms with E-state index in [1.807, 2.05) is 0 Å². The fraction of sp³-hybridized carbons (Fsp3) is 0.533. The highest BCUT2D eigenvalue weighted by Crippen LogP contribution is 2.37. The third kappa shape index (κ3) is 9.30. The maximum Gasteiger partial charge on any atom is 0.351 e. The largest absolute Gasteiger partial charge is 0.463 e. The summed E-state index contributed by atoms with van der Waals surface area (Å²) in [6.45, 7) is 6.71. The van der Waals surface area contributed by atoms with E-state index in [9.17, 15) is 33.6 Å². The maximum absolute atomic E-state index is 13.3. The fourth-order valence-corrected chi connectivity index (χ4v) is 5.43. The van der Waals surface area contributed by atoms with Gasteiger partial charge in [0, 0.05) is 52.8 Å². The minimum absolute atomic E-state index is 0.0368. The lowest BCUT2D eigenvalue weighted by Crippen LogP contribution is -2.47. The molecule has 0 aliphatic carbocycles. The van der Waals surface area contributed by atoms with Crippen LogP contribution in [0.15, 0.2) is 17.3 Å². The van der Waals surface area contributed by atoms with E-state index >= 15 is 0 Å². The minimum atomic E-state index is -1.50. The molecule has 51 heavy (non-hydrogen) atoms. The quantitative estimate of drug-likeness (QED) is 0.151. The van der Waals surface area contributed by atoms with Crippen LogP contribution in [-0.4, -0.2) is 106 Å². The molecule has 21 nitrogen and oxygen atoms in total. The molecule has 0 aromatic carbocycles. The van der Waals surface area contributed by atoms with E-state index in [1.54, 1.807) is 6.92 Å². The van der Waals surface area contributed by atoms with Crippen molar-refractivity contribution in [3.63, 3.8) is 0 Å². The van der Waals surface area contributed by atoms with Crippen molar-refractivity contribution in [2.75, 3.05) is 29.2 Å². The zero-order valence-electron chi connectivity index (χ0n) is 28.4. The molecular formula is C30H37N7O14. The second-order valence-corrected chi connectivity index (χ2v) is 11.4. The molecule has 4 rings (SSSR count). The lowest BCUT2D eigenvalue weighted by atomic mass is 10.1. The van der Waals surface area contributed by atoms with E-state index in [0.717, 1.165) is 32.0 Å². The molecule has 0 bridgehead atoms. The number of nitrogens with zero attached hydrogens (tertiary/aromatic N) is 5. The van der Waals surface area contributed by atoms with Gasteiger partial charge in [-0.05, 0) is 6.92 Å². The van der Waals surface area contributed by atoms with E-state index in [0.29, 0.717) is 5.56 Å². The van der Waals surface area contributed by atoms with Gasteiger partial charge in [0.05, 0.1) is 0 Å². The lowest BCUT2D eigenvalue weighted by molar-refractivity contribution is -0.165. The number of esters is 5. The Bertz CT molecular complexity index is 1730. The number of nitrogens with two attached hydrogens (primary N) is 1. The van der Waals surface area contributed by atoms with Gasteiger partial charge in [0.25, 0.3) is 0 Å². The van der Waals surface area contributed by atoms with Crippen LogP contribution in [0, 0.1) is 6.92 Å². The molecule has 1 amide bonds. The van der Waals surface area contributed by atoms with Gasteiger partial charge in [-0.15, -0.1) is 0 Å². The highest BCUT2D eigenvalue weighted by molar-refractivity contribution is 5.88. The monoisotopic (exact) mass is 719 g/mol. The average molecular weight is 720 g/mol. The van der Waals surface area contributed by atoms with Crippen molar-refractivity contribution in [1.82, 2.24) is 19.5 Å². The zero-order chi connectivity index (χ0) is 37.6. The van der Waals surface area contributed by atoms with Crippen LogP contribution < -0.4 is 21.6 Å². The van der Waals surface area contributed by atoms with Crippen LogP contribution in [-0.2, 0) is 61.9 Å². The third-order valence-electron chi connectivity index (χ3n) is 7.47. The summed E-state index contributed by atoms with van der Waals surface area (Å²) in [4.78, 5) is 97.9. The highest BCUT2D eigenvalue weighted by atomic mass is 16.7. The van der Waals surface area contributed by atoms with Crippen LogP contribution in [0.1, 0.15) is 52.8 Å². The smallest absolute Gasteiger partial charge is 0.351 e. The molecule has 2 aliphatic heterocycles. The van der Waals surface area contributed by atoms with E-state index in [1.165, 1.54) is 24.6 Å². The van der Waals surface area contributed by atoms with Crippen molar-refractivity contribution in [1.29, 1.82) is 0 Å². The van der Waals surface area contributed by atoms with Crippen LogP contribution >= 0.6 is 0 Å². The molecule has 2 fully saturated rings. The first-order chi connectivity index (χ1) is 24.1. The number of aromatic nitrogens is 4. The number of nitrogen functional groups attached to an aromatic ring is 1. The summed E-state index contributed by atoms with van der Waals surface area (Å²) in [6, 6.07) is 0. The van der Waals surface area contributed by atoms with Crippen molar-refractivity contribution in [3.8, 4) is 0 Å². The maximum atomic E-state index is 13.3. The molecule has 2 aliphatic rings. The van der Waals surface area contributed by atoms with Crippen LogP contribution in [0.3, 0.4) is 0 Å². The summed E-state index contributed by atoms with van der Waals surface area (Å²) in [6.07, 6.45) is -5.28. The molecule has 2 saturated heterocycles. The van der Waals surface area contributed by atoms with Crippen LogP contribution in [0.5, 0.6) is 0 Å². The van der Waals surface area contributed by atoms with Crippen molar-refractivity contribution in [3.05, 3.63) is 28.6 Å². The van der Waals surface area contributed by atoms with Gasteiger partial charge >= 0.3 is 35.5 Å². The second-order valence-electron chi connectivity index (χ2n) is 11.4. The molecule has 21 heteroatoms.